The van der Waals surface area contributed by atoms with Crippen molar-refractivity contribution >= 4 is 11.0 Å². The Kier molecular flexibility index (Phi) is 2.99. The van der Waals surface area contributed by atoms with Crippen molar-refractivity contribution in [1.82, 2.24) is 19.5 Å². The fraction of sp³-hybridized carbons (Fsp3) is 0.267. The smallest absolute Gasteiger partial charge is 0.123 e. The van der Waals surface area contributed by atoms with Crippen LogP contribution in [0.4, 0.5) is 0 Å². The average Bonchev–Trinajstić information content (AvgIpc) is 3.08. The van der Waals surface area contributed by atoms with E-state index in [1.165, 1.54) is 0 Å². The Labute approximate surface area is 116 Å². The van der Waals surface area contributed by atoms with Crippen molar-refractivity contribution in [2.45, 2.75) is 19.3 Å². The third kappa shape index (κ3) is 1.95. The molecule has 5 heteroatoms. The molecule has 2 heterocycles. The Morgan fingerprint density at radius 3 is 3.00 bits per heavy atom. The van der Waals surface area contributed by atoms with E-state index < -0.39 is 0 Å². The van der Waals surface area contributed by atoms with E-state index in [1.54, 1.807) is 12.5 Å². The minimum absolute atomic E-state index is 0.178. The summed E-state index contributed by atoms with van der Waals surface area (Å²) in [6.07, 6.45) is 4.33. The second-order valence-electron chi connectivity index (χ2n) is 4.83. The molecule has 1 atom stereocenters. The predicted octanol–water partition coefficient (Wildman–Crippen LogP) is 2.98. The molecule has 0 spiro atoms. The summed E-state index contributed by atoms with van der Waals surface area (Å²) in [7, 11) is 1.97. The molecular formula is C15H15N5. The van der Waals surface area contributed by atoms with Gasteiger partial charge in [-0.05, 0) is 18.6 Å². The zero-order valence-corrected chi connectivity index (χ0v) is 11.5. The lowest BCUT2D eigenvalue weighted by Gasteiger charge is -2.01. The highest BCUT2D eigenvalue weighted by atomic mass is 15.0. The van der Waals surface area contributed by atoms with Gasteiger partial charge in [0.15, 0.2) is 0 Å². The maximum Gasteiger partial charge on any atom is 0.123 e. The van der Waals surface area contributed by atoms with E-state index in [2.05, 4.69) is 21.0 Å². The van der Waals surface area contributed by atoms with Gasteiger partial charge in [-0.3, -0.25) is 0 Å². The van der Waals surface area contributed by atoms with E-state index in [-0.39, 0.29) is 5.92 Å². The van der Waals surface area contributed by atoms with Crippen molar-refractivity contribution in [1.29, 1.82) is 5.26 Å². The number of rotatable bonds is 3. The van der Waals surface area contributed by atoms with E-state index in [0.29, 0.717) is 0 Å². The van der Waals surface area contributed by atoms with Crippen LogP contribution in [0.2, 0.25) is 0 Å². The van der Waals surface area contributed by atoms with Gasteiger partial charge in [0.1, 0.15) is 11.7 Å². The van der Waals surface area contributed by atoms with Gasteiger partial charge >= 0.3 is 0 Å². The molecule has 2 aromatic heterocycles. The van der Waals surface area contributed by atoms with Crippen molar-refractivity contribution in [3.63, 3.8) is 0 Å². The lowest BCUT2D eigenvalue weighted by atomic mass is 10.1. The second kappa shape index (κ2) is 4.82. The second-order valence-corrected chi connectivity index (χ2v) is 4.83. The fourth-order valence-electron chi connectivity index (χ4n) is 2.31. The molecule has 100 valence electrons. The normalized spacial score (nSPS) is 12.4. The largest absolute Gasteiger partial charge is 0.341 e. The molecule has 1 N–H and O–H groups in total. The van der Waals surface area contributed by atoms with E-state index >= 15 is 0 Å². The van der Waals surface area contributed by atoms with Crippen molar-refractivity contribution in [2.75, 3.05) is 0 Å². The molecule has 0 saturated carbocycles. The van der Waals surface area contributed by atoms with Crippen LogP contribution in [0, 0.1) is 11.3 Å². The number of aromatic amines is 1. The predicted molar refractivity (Wildman–Crippen MR) is 76.9 cm³/mol. The number of aromatic nitrogens is 4. The monoisotopic (exact) mass is 265 g/mol. The highest BCUT2D eigenvalue weighted by Crippen LogP contribution is 2.24. The molecule has 0 radical (unpaired) electrons. The van der Waals surface area contributed by atoms with Crippen LogP contribution < -0.4 is 0 Å². The first-order valence-corrected chi connectivity index (χ1v) is 6.59. The molecule has 0 aliphatic carbocycles. The summed E-state index contributed by atoms with van der Waals surface area (Å²) >= 11 is 0. The van der Waals surface area contributed by atoms with E-state index in [4.69, 9.17) is 5.26 Å². The van der Waals surface area contributed by atoms with E-state index in [0.717, 1.165) is 34.5 Å². The van der Waals surface area contributed by atoms with Gasteiger partial charge in [-0.1, -0.05) is 13.0 Å². The van der Waals surface area contributed by atoms with E-state index in [1.807, 2.05) is 36.7 Å². The van der Waals surface area contributed by atoms with Gasteiger partial charge in [0.25, 0.3) is 0 Å². The molecule has 0 fully saturated rings. The summed E-state index contributed by atoms with van der Waals surface area (Å²) in [6, 6.07) is 8.36. The number of H-pyrrole nitrogens is 1. The third-order valence-electron chi connectivity index (χ3n) is 3.53. The van der Waals surface area contributed by atoms with Crippen LogP contribution in [0.15, 0.2) is 30.7 Å². The average molecular weight is 265 g/mol. The summed E-state index contributed by atoms with van der Waals surface area (Å²) in [4.78, 5) is 11.9. The maximum atomic E-state index is 9.08. The van der Waals surface area contributed by atoms with Crippen LogP contribution in [0.25, 0.3) is 22.3 Å². The van der Waals surface area contributed by atoms with Gasteiger partial charge in [-0.25, -0.2) is 9.97 Å². The standard InChI is InChI=1S/C15H15N5/c1-3-10(7-16)15-17-8-13(19-15)11-4-5-14-12(6-11)18-9-20(14)2/h4-6,8-10H,3H2,1-2H3,(H,17,19). The molecule has 1 aromatic carbocycles. The van der Waals surface area contributed by atoms with Crippen LogP contribution >= 0.6 is 0 Å². The number of fused-ring (bicyclic) bond motifs is 1. The highest BCUT2D eigenvalue weighted by molar-refractivity contribution is 5.81. The number of hydrogen-bond donors (Lipinski definition) is 1. The summed E-state index contributed by atoms with van der Waals surface area (Å²) in [5, 5.41) is 9.08. The Bertz CT molecular complexity index is 790. The highest BCUT2D eigenvalue weighted by Gasteiger charge is 2.13. The molecule has 0 aliphatic rings. The molecule has 3 rings (SSSR count). The first-order chi connectivity index (χ1) is 9.72. The SMILES string of the molecule is CCC(C#N)c1ncc(-c2ccc3c(c2)ncn3C)[nH]1. The fourth-order valence-corrected chi connectivity index (χ4v) is 2.31. The molecular weight excluding hydrogens is 250 g/mol. The zero-order valence-electron chi connectivity index (χ0n) is 11.5. The van der Waals surface area contributed by atoms with Gasteiger partial charge in [-0.2, -0.15) is 5.26 Å². The van der Waals surface area contributed by atoms with Crippen molar-refractivity contribution < 1.29 is 0 Å². The number of nitrogens with zero attached hydrogens (tertiary/aromatic N) is 4. The molecule has 0 amide bonds. The number of hydrogen-bond acceptors (Lipinski definition) is 3. The lowest BCUT2D eigenvalue weighted by molar-refractivity contribution is 0.766. The Morgan fingerprint density at radius 2 is 2.25 bits per heavy atom. The first-order valence-electron chi connectivity index (χ1n) is 6.59. The van der Waals surface area contributed by atoms with Gasteiger partial charge in [0.05, 0.1) is 35.3 Å². The Balaban J connectivity index is 2.01. The maximum absolute atomic E-state index is 9.08. The third-order valence-corrected chi connectivity index (χ3v) is 3.53. The van der Waals surface area contributed by atoms with Crippen LogP contribution in [0.1, 0.15) is 25.1 Å². The minimum atomic E-state index is -0.178. The van der Waals surface area contributed by atoms with Crippen LogP contribution in [0.5, 0.6) is 0 Å². The Hall–Kier alpha value is -2.61. The minimum Gasteiger partial charge on any atom is -0.341 e. The molecule has 1 unspecified atom stereocenters. The van der Waals surface area contributed by atoms with Gasteiger partial charge in [0, 0.05) is 12.6 Å². The summed E-state index contributed by atoms with van der Waals surface area (Å²) in [5.41, 5.74) is 3.99. The van der Waals surface area contributed by atoms with Crippen molar-refractivity contribution in [3.8, 4) is 17.3 Å². The number of nitriles is 1. The van der Waals surface area contributed by atoms with Gasteiger partial charge in [0.2, 0.25) is 0 Å². The van der Waals surface area contributed by atoms with Crippen LogP contribution in [-0.4, -0.2) is 19.5 Å². The van der Waals surface area contributed by atoms with E-state index in [9.17, 15) is 0 Å². The van der Waals surface area contributed by atoms with Crippen molar-refractivity contribution in [2.24, 2.45) is 7.05 Å². The zero-order chi connectivity index (χ0) is 14.1. The van der Waals surface area contributed by atoms with Crippen LogP contribution in [-0.2, 0) is 7.05 Å². The van der Waals surface area contributed by atoms with Gasteiger partial charge in [-0.15, -0.1) is 0 Å². The van der Waals surface area contributed by atoms with Crippen molar-refractivity contribution in [3.05, 3.63) is 36.5 Å². The number of benzene rings is 1. The number of aryl methyl sites for hydroxylation is 1. The summed E-state index contributed by atoms with van der Waals surface area (Å²) in [5.74, 6) is 0.549. The molecule has 0 aliphatic heterocycles. The summed E-state index contributed by atoms with van der Waals surface area (Å²) < 4.78 is 1.99. The quantitative estimate of drug-likeness (QED) is 0.791. The number of imidazole rings is 2. The molecule has 0 saturated heterocycles. The lowest BCUT2D eigenvalue weighted by Crippen LogP contribution is -1.95. The van der Waals surface area contributed by atoms with Crippen LogP contribution in [0.3, 0.4) is 0 Å². The molecule has 5 nitrogen and oxygen atoms in total. The number of nitrogens with one attached hydrogen (secondary N) is 1. The molecule has 20 heavy (non-hydrogen) atoms. The molecule has 3 aromatic rings. The Morgan fingerprint density at radius 1 is 1.40 bits per heavy atom. The topological polar surface area (TPSA) is 70.3 Å². The van der Waals surface area contributed by atoms with Gasteiger partial charge < -0.3 is 9.55 Å². The summed E-state index contributed by atoms with van der Waals surface area (Å²) in [6.45, 7) is 1.98. The molecule has 0 bridgehead atoms. The first kappa shape index (κ1) is 12.4.